The molecule has 8 heteroatoms. The molecule has 2 N–H and O–H groups in total. The smallest absolute Gasteiger partial charge is 0.240 e. The number of fused-ring (bicyclic) bond motifs is 1. The number of aryl methyl sites for hydroxylation is 1. The van der Waals surface area contributed by atoms with Gasteiger partial charge in [-0.15, -0.1) is 0 Å². The number of rotatable bonds is 8. The summed E-state index contributed by atoms with van der Waals surface area (Å²) in [7, 11) is -3.76. The molecule has 1 saturated carbocycles. The van der Waals surface area contributed by atoms with Crippen LogP contribution in [0.3, 0.4) is 0 Å². The van der Waals surface area contributed by atoms with E-state index in [9.17, 15) is 18.0 Å². The van der Waals surface area contributed by atoms with E-state index in [-0.39, 0.29) is 41.6 Å². The van der Waals surface area contributed by atoms with Crippen molar-refractivity contribution in [3.8, 4) is 0 Å². The molecule has 2 amide bonds. The third-order valence-corrected chi connectivity index (χ3v) is 7.52. The highest BCUT2D eigenvalue weighted by atomic mass is 32.2. The standard InChI is InChI=1S/C24H29N3O4S/c1-3-17-6-4-5-7-21(17)26-23(28)12-13-25-32(30,31)20-10-11-22-19(15-20)14-16(2)27(22)24(29)18-8-9-18/h4-7,10-11,15-16,18,25H,3,8-9,12-14H2,1-2H3,(H,26,28). The lowest BCUT2D eigenvalue weighted by Gasteiger charge is -2.22. The molecule has 0 radical (unpaired) electrons. The summed E-state index contributed by atoms with van der Waals surface area (Å²) in [5, 5.41) is 2.84. The van der Waals surface area contributed by atoms with E-state index in [0.717, 1.165) is 41.8 Å². The third-order valence-electron chi connectivity index (χ3n) is 6.06. The number of anilines is 2. The Morgan fingerprint density at radius 2 is 1.88 bits per heavy atom. The zero-order chi connectivity index (χ0) is 22.9. The number of hydrogen-bond donors (Lipinski definition) is 2. The average Bonchev–Trinajstić information content (AvgIpc) is 3.55. The van der Waals surface area contributed by atoms with Crippen molar-refractivity contribution >= 4 is 33.2 Å². The molecule has 2 aromatic carbocycles. The van der Waals surface area contributed by atoms with Crippen LogP contribution in [0.2, 0.25) is 0 Å². The fourth-order valence-electron chi connectivity index (χ4n) is 4.18. The number of benzene rings is 2. The Labute approximate surface area is 189 Å². The normalized spacial score (nSPS) is 17.8. The van der Waals surface area contributed by atoms with Crippen molar-refractivity contribution in [3.05, 3.63) is 53.6 Å². The first-order valence-electron chi connectivity index (χ1n) is 11.1. The average molecular weight is 456 g/mol. The van der Waals surface area contributed by atoms with E-state index in [0.29, 0.717) is 6.42 Å². The molecule has 1 unspecified atom stereocenters. The monoisotopic (exact) mass is 455 g/mol. The molecule has 0 aromatic heterocycles. The fourth-order valence-corrected chi connectivity index (χ4v) is 5.27. The van der Waals surface area contributed by atoms with Crippen LogP contribution in [0, 0.1) is 5.92 Å². The van der Waals surface area contributed by atoms with Gasteiger partial charge in [-0.1, -0.05) is 25.1 Å². The second kappa shape index (κ2) is 9.03. The van der Waals surface area contributed by atoms with Gasteiger partial charge in [0.1, 0.15) is 0 Å². The maximum atomic E-state index is 12.8. The maximum absolute atomic E-state index is 12.8. The van der Waals surface area contributed by atoms with Gasteiger partial charge in [0, 0.05) is 36.3 Å². The molecule has 32 heavy (non-hydrogen) atoms. The number of hydrogen-bond acceptors (Lipinski definition) is 4. The van der Waals surface area contributed by atoms with Gasteiger partial charge in [-0.25, -0.2) is 13.1 Å². The second-order valence-corrected chi connectivity index (χ2v) is 10.3. The molecule has 1 atom stereocenters. The van der Waals surface area contributed by atoms with Crippen molar-refractivity contribution in [3.63, 3.8) is 0 Å². The SMILES string of the molecule is CCc1ccccc1NC(=O)CCNS(=O)(=O)c1ccc2c(c1)CC(C)N2C(=O)C1CC1. The van der Waals surface area contributed by atoms with E-state index in [1.165, 1.54) is 6.07 Å². The molecule has 1 fully saturated rings. The molecule has 0 bridgehead atoms. The Morgan fingerprint density at radius 1 is 1.12 bits per heavy atom. The summed E-state index contributed by atoms with van der Waals surface area (Å²) in [6.45, 7) is 4.00. The number of amides is 2. The van der Waals surface area contributed by atoms with Crippen LogP contribution in [0.5, 0.6) is 0 Å². The van der Waals surface area contributed by atoms with Gasteiger partial charge in [-0.05, 0) is 68.0 Å². The first kappa shape index (κ1) is 22.5. The van der Waals surface area contributed by atoms with Crippen molar-refractivity contribution in [1.29, 1.82) is 0 Å². The summed E-state index contributed by atoms with van der Waals surface area (Å²) in [4.78, 5) is 26.8. The summed E-state index contributed by atoms with van der Waals surface area (Å²) >= 11 is 0. The van der Waals surface area contributed by atoms with Crippen molar-refractivity contribution in [2.75, 3.05) is 16.8 Å². The van der Waals surface area contributed by atoms with E-state index in [4.69, 9.17) is 0 Å². The van der Waals surface area contributed by atoms with E-state index in [2.05, 4.69) is 10.0 Å². The summed E-state index contributed by atoms with van der Waals surface area (Å²) < 4.78 is 28.0. The third kappa shape index (κ3) is 4.71. The lowest BCUT2D eigenvalue weighted by molar-refractivity contribution is -0.120. The van der Waals surface area contributed by atoms with Crippen LogP contribution in [0.1, 0.15) is 44.2 Å². The fraction of sp³-hybridized carbons (Fsp3) is 0.417. The van der Waals surface area contributed by atoms with Crippen LogP contribution in [-0.2, 0) is 32.5 Å². The number of carbonyl (C=O) groups is 2. The maximum Gasteiger partial charge on any atom is 0.240 e. The number of nitrogens with one attached hydrogen (secondary N) is 2. The topological polar surface area (TPSA) is 95.6 Å². The Kier molecular flexibility index (Phi) is 6.35. The zero-order valence-corrected chi connectivity index (χ0v) is 19.2. The molecule has 4 rings (SSSR count). The van der Waals surface area contributed by atoms with E-state index in [1.807, 2.05) is 43.0 Å². The molecule has 1 aliphatic carbocycles. The Morgan fingerprint density at radius 3 is 2.59 bits per heavy atom. The zero-order valence-electron chi connectivity index (χ0n) is 18.4. The minimum atomic E-state index is -3.76. The van der Waals surface area contributed by atoms with E-state index in [1.54, 1.807) is 12.1 Å². The quantitative estimate of drug-likeness (QED) is 0.639. The molecule has 2 aliphatic rings. The summed E-state index contributed by atoms with van der Waals surface area (Å²) in [6, 6.07) is 12.5. The largest absolute Gasteiger partial charge is 0.326 e. The van der Waals surface area contributed by atoms with Crippen molar-refractivity contribution in [2.24, 2.45) is 5.92 Å². The van der Waals surface area contributed by atoms with Gasteiger partial charge in [0.25, 0.3) is 0 Å². The van der Waals surface area contributed by atoms with Crippen LogP contribution in [-0.4, -0.2) is 32.8 Å². The van der Waals surface area contributed by atoms with Gasteiger partial charge in [0.05, 0.1) is 4.90 Å². The molecule has 0 spiro atoms. The van der Waals surface area contributed by atoms with Crippen LogP contribution in [0.25, 0.3) is 0 Å². The van der Waals surface area contributed by atoms with Gasteiger partial charge in [-0.2, -0.15) is 0 Å². The molecule has 2 aromatic rings. The molecular weight excluding hydrogens is 426 g/mol. The highest BCUT2D eigenvalue weighted by Crippen LogP contribution is 2.39. The minimum Gasteiger partial charge on any atom is -0.326 e. The first-order chi connectivity index (χ1) is 15.3. The number of nitrogens with zero attached hydrogens (tertiary/aromatic N) is 1. The predicted octanol–water partition coefficient (Wildman–Crippen LogP) is 3.24. The molecule has 0 saturated heterocycles. The van der Waals surface area contributed by atoms with Crippen LogP contribution in [0.4, 0.5) is 11.4 Å². The van der Waals surface area contributed by atoms with E-state index < -0.39 is 10.0 Å². The van der Waals surface area contributed by atoms with Gasteiger partial charge >= 0.3 is 0 Å². The van der Waals surface area contributed by atoms with Crippen molar-refractivity contribution in [1.82, 2.24) is 4.72 Å². The predicted molar refractivity (Wildman–Crippen MR) is 124 cm³/mol. The number of sulfonamides is 1. The lowest BCUT2D eigenvalue weighted by Crippen LogP contribution is -2.36. The second-order valence-electron chi connectivity index (χ2n) is 8.53. The summed E-state index contributed by atoms with van der Waals surface area (Å²) in [5.74, 6) is 0.00941. The highest BCUT2D eigenvalue weighted by Gasteiger charge is 2.39. The molecular formula is C24H29N3O4S. The highest BCUT2D eigenvalue weighted by molar-refractivity contribution is 7.89. The van der Waals surface area contributed by atoms with E-state index >= 15 is 0 Å². The van der Waals surface area contributed by atoms with Crippen LogP contribution < -0.4 is 14.9 Å². The number of para-hydroxylation sites is 1. The molecule has 1 aliphatic heterocycles. The summed E-state index contributed by atoms with van der Waals surface area (Å²) in [5.41, 5.74) is 3.45. The van der Waals surface area contributed by atoms with Crippen molar-refractivity contribution < 1.29 is 18.0 Å². The van der Waals surface area contributed by atoms with Gasteiger partial charge in [0.2, 0.25) is 21.8 Å². The van der Waals surface area contributed by atoms with Gasteiger partial charge in [-0.3, -0.25) is 9.59 Å². The van der Waals surface area contributed by atoms with Crippen LogP contribution in [0.15, 0.2) is 47.4 Å². The van der Waals surface area contributed by atoms with Crippen molar-refractivity contribution in [2.45, 2.75) is 56.9 Å². The minimum absolute atomic E-state index is 0.00222. The molecule has 170 valence electrons. The Bertz CT molecular complexity index is 1140. The van der Waals surface area contributed by atoms with Gasteiger partial charge in [0.15, 0.2) is 0 Å². The lowest BCUT2D eigenvalue weighted by atomic mass is 10.1. The van der Waals surface area contributed by atoms with Gasteiger partial charge < -0.3 is 10.2 Å². The van der Waals surface area contributed by atoms with Crippen LogP contribution >= 0.6 is 0 Å². The summed E-state index contributed by atoms with van der Waals surface area (Å²) in [6.07, 6.45) is 3.33. The Balaban J connectivity index is 1.37. The number of carbonyl (C=O) groups excluding carboxylic acids is 2. The first-order valence-corrected chi connectivity index (χ1v) is 12.6. The molecule has 7 nitrogen and oxygen atoms in total. The molecule has 1 heterocycles. The Hall–Kier alpha value is -2.71.